The zero-order chi connectivity index (χ0) is 21.0. The molecule has 2 aromatic carbocycles. The molecule has 1 aliphatic heterocycles. The molecule has 3 heterocycles. The van der Waals surface area contributed by atoms with Crippen molar-refractivity contribution in [3.8, 4) is 16.9 Å². The van der Waals surface area contributed by atoms with Crippen LogP contribution in [0.4, 0.5) is 10.7 Å². The van der Waals surface area contributed by atoms with E-state index in [2.05, 4.69) is 31.7 Å². The molecule has 1 aliphatic rings. The van der Waals surface area contributed by atoms with Gasteiger partial charge in [-0.15, -0.1) is 12.4 Å². The predicted molar refractivity (Wildman–Crippen MR) is 124 cm³/mol. The summed E-state index contributed by atoms with van der Waals surface area (Å²) < 4.78 is 11.0. The lowest BCUT2D eigenvalue weighted by molar-refractivity contribution is 0.155. The molecule has 0 radical (unpaired) electrons. The van der Waals surface area contributed by atoms with Gasteiger partial charge in [0.15, 0.2) is 5.65 Å². The second-order valence-corrected chi connectivity index (χ2v) is 7.22. The lowest BCUT2D eigenvalue weighted by Gasteiger charge is -2.09. The third-order valence-corrected chi connectivity index (χ3v) is 5.02. The van der Waals surface area contributed by atoms with E-state index in [1.165, 1.54) is 0 Å². The number of aromatic nitrogens is 3. The number of benzene rings is 2. The van der Waals surface area contributed by atoms with Crippen LogP contribution in [0.2, 0.25) is 0 Å². The van der Waals surface area contributed by atoms with E-state index in [9.17, 15) is 4.79 Å². The SMILES string of the molecule is Cl.O=C(Nc1nc2ncc(-c3ccc4c(c3)CNCCO4)cc2[nH]1)OCc1ccccc1. The number of H-pyrrole nitrogens is 1. The molecule has 4 aromatic rings. The van der Waals surface area contributed by atoms with Crippen LogP contribution in [-0.2, 0) is 17.9 Å². The number of hydrogen-bond donors (Lipinski definition) is 3. The van der Waals surface area contributed by atoms with Crippen molar-refractivity contribution in [1.82, 2.24) is 20.3 Å². The van der Waals surface area contributed by atoms with Gasteiger partial charge in [-0.1, -0.05) is 36.4 Å². The van der Waals surface area contributed by atoms with E-state index in [4.69, 9.17) is 9.47 Å². The average Bonchev–Trinajstić information content (AvgIpc) is 3.04. The summed E-state index contributed by atoms with van der Waals surface area (Å²) in [6.45, 7) is 2.45. The molecule has 8 nitrogen and oxygen atoms in total. The highest BCUT2D eigenvalue weighted by Crippen LogP contribution is 2.29. The number of nitrogens with one attached hydrogen (secondary N) is 3. The van der Waals surface area contributed by atoms with Gasteiger partial charge in [0.05, 0.1) is 5.52 Å². The van der Waals surface area contributed by atoms with Crippen LogP contribution in [0.25, 0.3) is 22.3 Å². The first-order chi connectivity index (χ1) is 15.2. The summed E-state index contributed by atoms with van der Waals surface area (Å²) in [5.74, 6) is 1.20. The first-order valence-corrected chi connectivity index (χ1v) is 10.0. The second-order valence-electron chi connectivity index (χ2n) is 7.22. The molecule has 1 amide bonds. The number of rotatable bonds is 4. The van der Waals surface area contributed by atoms with E-state index in [0.29, 0.717) is 12.3 Å². The maximum absolute atomic E-state index is 12.1. The Morgan fingerprint density at radius 1 is 1.12 bits per heavy atom. The van der Waals surface area contributed by atoms with Crippen LogP contribution in [0.1, 0.15) is 11.1 Å². The number of carbonyl (C=O) groups excluding carboxylic acids is 1. The molecule has 9 heteroatoms. The number of pyridine rings is 1. The number of aromatic amines is 1. The fourth-order valence-corrected chi connectivity index (χ4v) is 3.47. The molecular weight excluding hydrogens is 430 g/mol. The molecule has 3 N–H and O–H groups in total. The van der Waals surface area contributed by atoms with Gasteiger partial charge in [-0.05, 0) is 29.3 Å². The summed E-state index contributed by atoms with van der Waals surface area (Å²) in [7, 11) is 0. The van der Waals surface area contributed by atoms with Crippen LogP contribution in [0.3, 0.4) is 0 Å². The summed E-state index contributed by atoms with van der Waals surface area (Å²) in [6.07, 6.45) is 1.19. The van der Waals surface area contributed by atoms with Gasteiger partial charge >= 0.3 is 6.09 Å². The van der Waals surface area contributed by atoms with Crippen LogP contribution in [-0.4, -0.2) is 34.2 Å². The second kappa shape index (κ2) is 9.67. The van der Waals surface area contributed by atoms with E-state index < -0.39 is 6.09 Å². The standard InChI is InChI=1S/C23H21N5O3.ClH/c29-23(31-14-15-4-2-1-3-5-15)28-22-26-19-11-17(13-25-21(19)27-22)16-6-7-20-18(10-16)12-24-8-9-30-20;/h1-7,10-11,13,24H,8-9,12,14H2,(H2,25,26,27,28,29);1H. The van der Waals surface area contributed by atoms with Crippen molar-refractivity contribution >= 4 is 35.6 Å². The molecule has 32 heavy (non-hydrogen) atoms. The molecule has 0 saturated heterocycles. The lowest BCUT2D eigenvalue weighted by atomic mass is 10.0. The van der Waals surface area contributed by atoms with Crippen molar-refractivity contribution < 1.29 is 14.3 Å². The minimum atomic E-state index is -0.582. The molecular formula is C23H22ClN5O3. The molecule has 0 unspecified atom stereocenters. The first kappa shape index (κ1) is 21.6. The number of carbonyl (C=O) groups is 1. The van der Waals surface area contributed by atoms with Crippen LogP contribution in [0.5, 0.6) is 5.75 Å². The number of anilines is 1. The van der Waals surface area contributed by atoms with Crippen LogP contribution in [0, 0.1) is 0 Å². The van der Waals surface area contributed by atoms with Gasteiger partial charge in [-0.25, -0.2) is 9.78 Å². The summed E-state index contributed by atoms with van der Waals surface area (Å²) in [5, 5.41) is 5.96. The molecule has 0 atom stereocenters. The molecule has 0 saturated carbocycles. The number of hydrogen-bond acceptors (Lipinski definition) is 6. The van der Waals surface area contributed by atoms with Gasteiger partial charge in [0.2, 0.25) is 5.95 Å². The van der Waals surface area contributed by atoms with Crippen molar-refractivity contribution in [3.63, 3.8) is 0 Å². The fourth-order valence-electron chi connectivity index (χ4n) is 3.47. The Bertz CT molecular complexity index is 1230. The predicted octanol–water partition coefficient (Wildman–Crippen LogP) is 4.28. The summed E-state index contributed by atoms with van der Waals surface area (Å²) in [6, 6.07) is 17.6. The molecule has 0 spiro atoms. The van der Waals surface area contributed by atoms with Gasteiger partial charge in [0.1, 0.15) is 19.0 Å². The van der Waals surface area contributed by atoms with Crippen LogP contribution < -0.4 is 15.4 Å². The van der Waals surface area contributed by atoms with Crippen molar-refractivity contribution in [2.75, 3.05) is 18.5 Å². The highest BCUT2D eigenvalue weighted by molar-refractivity contribution is 5.86. The minimum absolute atomic E-state index is 0. The summed E-state index contributed by atoms with van der Waals surface area (Å²) in [5.41, 5.74) is 5.24. The van der Waals surface area contributed by atoms with Gasteiger partial charge < -0.3 is 19.8 Å². The minimum Gasteiger partial charge on any atom is -0.492 e. The monoisotopic (exact) mass is 451 g/mol. The van der Waals surface area contributed by atoms with Crippen LogP contribution >= 0.6 is 12.4 Å². The van der Waals surface area contributed by atoms with Gasteiger partial charge in [-0.3, -0.25) is 5.32 Å². The van der Waals surface area contributed by atoms with Crippen LogP contribution in [0.15, 0.2) is 60.8 Å². The fraction of sp³-hybridized carbons (Fsp3) is 0.174. The quantitative estimate of drug-likeness (QED) is 0.428. The maximum Gasteiger partial charge on any atom is 0.414 e. The van der Waals surface area contributed by atoms with E-state index in [1.54, 1.807) is 6.20 Å². The molecule has 0 aliphatic carbocycles. The third kappa shape index (κ3) is 4.82. The van der Waals surface area contributed by atoms with E-state index in [-0.39, 0.29) is 25.0 Å². The van der Waals surface area contributed by atoms with E-state index in [1.807, 2.05) is 48.5 Å². The van der Waals surface area contributed by atoms with Crippen molar-refractivity contribution in [2.24, 2.45) is 0 Å². The van der Waals surface area contributed by atoms with Gasteiger partial charge in [0, 0.05) is 30.4 Å². The third-order valence-electron chi connectivity index (χ3n) is 5.02. The molecule has 0 bridgehead atoms. The zero-order valence-electron chi connectivity index (χ0n) is 17.1. The van der Waals surface area contributed by atoms with E-state index >= 15 is 0 Å². The largest absolute Gasteiger partial charge is 0.492 e. The highest BCUT2D eigenvalue weighted by Gasteiger charge is 2.13. The van der Waals surface area contributed by atoms with Gasteiger partial charge in [0.25, 0.3) is 0 Å². The number of imidazole rings is 1. The zero-order valence-corrected chi connectivity index (χ0v) is 17.9. The highest BCUT2D eigenvalue weighted by atomic mass is 35.5. The number of fused-ring (bicyclic) bond motifs is 2. The topological polar surface area (TPSA) is 101 Å². The Kier molecular flexibility index (Phi) is 6.53. The number of halogens is 1. The number of nitrogens with zero attached hydrogens (tertiary/aromatic N) is 2. The Balaban J connectivity index is 0.00000245. The Morgan fingerprint density at radius 2 is 2.00 bits per heavy atom. The van der Waals surface area contributed by atoms with Crippen molar-refractivity contribution in [3.05, 3.63) is 71.9 Å². The molecule has 164 valence electrons. The number of ether oxygens (including phenoxy) is 2. The average molecular weight is 452 g/mol. The van der Waals surface area contributed by atoms with E-state index in [0.717, 1.165) is 46.6 Å². The summed E-state index contributed by atoms with van der Waals surface area (Å²) in [4.78, 5) is 23.9. The van der Waals surface area contributed by atoms with Crippen molar-refractivity contribution in [1.29, 1.82) is 0 Å². The first-order valence-electron chi connectivity index (χ1n) is 10.0. The number of amides is 1. The summed E-state index contributed by atoms with van der Waals surface area (Å²) >= 11 is 0. The molecule has 5 rings (SSSR count). The Labute approximate surface area is 190 Å². The smallest absolute Gasteiger partial charge is 0.414 e. The lowest BCUT2D eigenvalue weighted by Crippen LogP contribution is -2.16. The molecule has 2 aromatic heterocycles. The molecule has 0 fully saturated rings. The Morgan fingerprint density at radius 3 is 2.88 bits per heavy atom. The van der Waals surface area contributed by atoms with Crippen molar-refractivity contribution in [2.45, 2.75) is 13.2 Å². The van der Waals surface area contributed by atoms with Gasteiger partial charge in [-0.2, -0.15) is 4.98 Å². The maximum atomic E-state index is 12.1. The normalized spacial score (nSPS) is 12.8. The Hall–Kier alpha value is -3.62.